The average molecular weight is 261 g/mol. The molecule has 4 heteroatoms. The molecule has 20 heavy (non-hydrogen) atoms. The van der Waals surface area contributed by atoms with Gasteiger partial charge in [-0.3, -0.25) is 4.79 Å². The summed E-state index contributed by atoms with van der Waals surface area (Å²) in [6.45, 7) is 7.00. The number of rotatable bonds is 3. The van der Waals surface area contributed by atoms with Crippen molar-refractivity contribution >= 4 is 11.5 Å². The van der Waals surface area contributed by atoms with Gasteiger partial charge in [-0.1, -0.05) is 12.1 Å². The highest BCUT2D eigenvalue weighted by Gasteiger charge is 2.12. The number of carbonyl (C=O) groups excluding carboxylic acids is 1. The molecule has 4 nitrogen and oxygen atoms in total. The predicted molar refractivity (Wildman–Crippen MR) is 73.8 cm³/mol. The predicted octanol–water partition coefficient (Wildman–Crippen LogP) is 3.35. The summed E-state index contributed by atoms with van der Waals surface area (Å²) in [4.78, 5) is 15.6. The van der Waals surface area contributed by atoms with Gasteiger partial charge in [-0.25, -0.2) is 4.85 Å². The second-order valence-corrected chi connectivity index (χ2v) is 4.02. The van der Waals surface area contributed by atoms with E-state index >= 15 is 0 Å². The molecule has 0 N–H and O–H groups in total. The van der Waals surface area contributed by atoms with Gasteiger partial charge in [0, 0.05) is 11.1 Å². The molecule has 0 amide bonds. The lowest BCUT2D eigenvalue weighted by atomic mass is 10.0. The lowest BCUT2D eigenvalue weighted by Crippen LogP contribution is -2.01. The zero-order chi connectivity index (χ0) is 14.5. The molecule has 0 radical (unpaired) electrons. The van der Waals surface area contributed by atoms with Gasteiger partial charge in [0.05, 0.1) is 25.3 Å². The molecule has 0 aromatic heterocycles. The lowest BCUT2D eigenvalue weighted by molar-refractivity contribution is 0.103. The minimum atomic E-state index is -0.177. The van der Waals surface area contributed by atoms with Crippen LogP contribution in [0.5, 0.6) is 5.75 Å². The monoisotopic (exact) mass is 261 g/mol. The van der Waals surface area contributed by atoms with E-state index in [1.165, 1.54) is 7.11 Å². The number of hydrogen-bond donors (Lipinski definition) is 0. The topological polar surface area (TPSA) is 54.5 Å². The Balaban J connectivity index is 2.38. The van der Waals surface area contributed by atoms with Crippen LogP contribution in [0.15, 0.2) is 42.5 Å². The van der Waals surface area contributed by atoms with Crippen LogP contribution >= 0.6 is 0 Å². The Morgan fingerprint density at radius 3 is 2.40 bits per heavy atom. The van der Waals surface area contributed by atoms with E-state index < -0.39 is 0 Å². The Morgan fingerprint density at radius 1 is 1.20 bits per heavy atom. The van der Waals surface area contributed by atoms with Crippen LogP contribution in [-0.4, -0.2) is 12.9 Å². The molecule has 0 spiro atoms. The van der Waals surface area contributed by atoms with Crippen molar-refractivity contribution in [1.82, 2.24) is 0 Å². The van der Waals surface area contributed by atoms with Crippen molar-refractivity contribution in [3.8, 4) is 11.8 Å². The Morgan fingerprint density at radius 2 is 1.85 bits per heavy atom. The van der Waals surface area contributed by atoms with Crippen LogP contribution in [0.1, 0.15) is 21.5 Å². The molecule has 0 aliphatic rings. The molecule has 0 unspecified atom stereocenters. The fraction of sp³-hybridized carbons (Fsp3) is 0.0625. The summed E-state index contributed by atoms with van der Waals surface area (Å²) in [7, 11) is 1.46. The highest BCUT2D eigenvalue weighted by molar-refractivity contribution is 6.09. The third kappa shape index (κ3) is 2.50. The number of benzene rings is 2. The third-order valence-corrected chi connectivity index (χ3v) is 2.84. The number of ketones is 1. The van der Waals surface area contributed by atoms with E-state index in [-0.39, 0.29) is 5.78 Å². The van der Waals surface area contributed by atoms with Crippen molar-refractivity contribution in [2.24, 2.45) is 0 Å². The largest absolute Gasteiger partial charge is 0.508 e. The number of hydrogen-bond acceptors (Lipinski definition) is 3. The molecule has 0 heterocycles. The van der Waals surface area contributed by atoms with Gasteiger partial charge in [-0.05, 0) is 30.3 Å². The SMILES string of the molecule is COc1cc(C(=O)c2ccc(C#N)cc2)ccc1[N+]#[11C-]. The molecular formula is C16H10N2O2. The first-order valence-electron chi connectivity index (χ1n) is 5.80. The molecule has 0 saturated heterocycles. The van der Waals surface area contributed by atoms with Gasteiger partial charge in [0.15, 0.2) is 5.78 Å². The Hall–Kier alpha value is -3.11. The number of nitrogens with zero attached hydrogens (tertiary/aromatic N) is 2. The van der Waals surface area contributed by atoms with Crippen LogP contribution in [0, 0.1) is 17.9 Å². The summed E-state index contributed by atoms with van der Waals surface area (Å²) < 4.78 is 5.09. The van der Waals surface area contributed by atoms with Crippen LogP contribution in [0.25, 0.3) is 4.85 Å². The van der Waals surface area contributed by atoms with E-state index in [4.69, 9.17) is 16.6 Å². The number of nitriles is 1. The van der Waals surface area contributed by atoms with Crippen LogP contribution in [0.3, 0.4) is 0 Å². The molecule has 0 saturated carbocycles. The molecule has 2 aromatic rings. The molecular weight excluding hydrogens is 251 g/mol. The first-order valence-corrected chi connectivity index (χ1v) is 5.80. The highest BCUT2D eigenvalue weighted by Crippen LogP contribution is 2.29. The fourth-order valence-corrected chi connectivity index (χ4v) is 1.77. The summed E-state index contributed by atoms with van der Waals surface area (Å²) >= 11 is 0. The first kappa shape index (κ1) is 13.3. The van der Waals surface area contributed by atoms with E-state index in [1.807, 2.05) is 6.07 Å². The zero-order valence-electron chi connectivity index (χ0n) is 10.8. The van der Waals surface area contributed by atoms with Crippen molar-refractivity contribution in [3.63, 3.8) is 0 Å². The quantitative estimate of drug-likeness (QED) is 0.629. The van der Waals surface area contributed by atoms with E-state index in [0.717, 1.165) is 0 Å². The Kier molecular flexibility index (Phi) is 3.79. The maximum absolute atomic E-state index is 12.3. The molecule has 0 bridgehead atoms. The summed E-state index contributed by atoms with van der Waals surface area (Å²) in [6, 6.07) is 13.1. The fourth-order valence-electron chi connectivity index (χ4n) is 1.77. The standard InChI is InChI=1S/C16H10N2O2/c1-18-14-8-7-13(9-15(14)20-2)16(19)12-5-3-11(10-17)4-6-12/h3-9H,2H3/i1-1. The summed E-state index contributed by atoms with van der Waals surface area (Å²) in [5, 5.41) is 8.73. The molecule has 2 rings (SSSR count). The van der Waals surface area contributed by atoms with Gasteiger partial charge in [-0.2, -0.15) is 5.26 Å². The van der Waals surface area contributed by atoms with Gasteiger partial charge < -0.3 is 4.74 Å². The lowest BCUT2D eigenvalue weighted by Gasteiger charge is -2.06. The Bertz CT molecular complexity index is 735. The maximum Gasteiger partial charge on any atom is 0.228 e. The van der Waals surface area contributed by atoms with E-state index in [0.29, 0.717) is 28.1 Å². The van der Waals surface area contributed by atoms with Crippen LogP contribution in [0.4, 0.5) is 5.69 Å². The second kappa shape index (κ2) is 5.69. The Labute approximate surface area is 116 Å². The van der Waals surface area contributed by atoms with Crippen LogP contribution in [-0.2, 0) is 0 Å². The zero-order valence-corrected chi connectivity index (χ0v) is 10.8. The van der Waals surface area contributed by atoms with Crippen LogP contribution in [0.2, 0.25) is 0 Å². The van der Waals surface area contributed by atoms with Crippen molar-refractivity contribution in [1.29, 1.82) is 5.26 Å². The van der Waals surface area contributed by atoms with Gasteiger partial charge in [0.2, 0.25) is 5.69 Å². The molecule has 0 aliphatic carbocycles. The summed E-state index contributed by atoms with van der Waals surface area (Å²) in [5.41, 5.74) is 1.80. The minimum Gasteiger partial charge on any atom is -0.508 e. The minimum absolute atomic E-state index is 0.177. The van der Waals surface area contributed by atoms with Crippen LogP contribution < -0.4 is 4.74 Å². The molecule has 96 valence electrons. The van der Waals surface area contributed by atoms with Gasteiger partial charge in [0.1, 0.15) is 5.75 Å². The summed E-state index contributed by atoms with van der Waals surface area (Å²) in [6.07, 6.45) is 0. The van der Waals surface area contributed by atoms with Gasteiger partial charge in [-0.15, -0.1) is 0 Å². The van der Waals surface area contributed by atoms with E-state index in [1.54, 1.807) is 42.5 Å². The van der Waals surface area contributed by atoms with Gasteiger partial charge >= 0.3 is 0 Å². The average Bonchev–Trinajstić information content (AvgIpc) is 2.53. The number of ether oxygens (including phenoxy) is 1. The van der Waals surface area contributed by atoms with Gasteiger partial charge in [0.25, 0.3) is 0 Å². The normalized spacial score (nSPS) is 9.35. The summed E-state index contributed by atoms with van der Waals surface area (Å²) in [5.74, 6) is 0.198. The highest BCUT2D eigenvalue weighted by atomic mass is 16.5. The maximum atomic E-state index is 12.3. The van der Waals surface area contributed by atoms with E-state index in [9.17, 15) is 4.79 Å². The first-order chi connectivity index (χ1) is 9.69. The van der Waals surface area contributed by atoms with Crippen molar-refractivity contribution in [3.05, 3.63) is 70.6 Å². The van der Waals surface area contributed by atoms with E-state index in [2.05, 4.69) is 4.85 Å². The van der Waals surface area contributed by atoms with Crippen molar-refractivity contribution in [2.75, 3.05) is 7.11 Å². The second-order valence-electron chi connectivity index (χ2n) is 4.02. The molecule has 2 aromatic carbocycles. The number of carbonyl (C=O) groups is 1. The third-order valence-electron chi connectivity index (χ3n) is 2.84. The smallest absolute Gasteiger partial charge is 0.228 e. The molecule has 0 fully saturated rings. The van der Waals surface area contributed by atoms with Crippen molar-refractivity contribution in [2.45, 2.75) is 0 Å². The van der Waals surface area contributed by atoms with Crippen molar-refractivity contribution < 1.29 is 9.53 Å². The number of methoxy groups -OCH3 is 1. The molecule has 0 atom stereocenters. The molecule has 0 aliphatic heterocycles.